The summed E-state index contributed by atoms with van der Waals surface area (Å²) in [5.41, 5.74) is 2.70. The monoisotopic (exact) mass is 190 g/mol. The fourth-order valence-electron chi connectivity index (χ4n) is 2.04. The van der Waals surface area contributed by atoms with Crippen molar-refractivity contribution in [2.24, 2.45) is 0 Å². The van der Waals surface area contributed by atoms with Crippen LogP contribution in [0.1, 0.15) is 44.0 Å². The van der Waals surface area contributed by atoms with Crippen LogP contribution in [0.4, 0.5) is 0 Å². The van der Waals surface area contributed by atoms with Crippen molar-refractivity contribution in [3.8, 4) is 0 Å². The van der Waals surface area contributed by atoms with Crippen molar-refractivity contribution in [2.45, 2.75) is 45.2 Å². The number of hydrogen-bond donors (Lipinski definition) is 1. The average molecular weight is 190 g/mol. The predicted molar refractivity (Wildman–Crippen MR) is 58.2 cm³/mol. The summed E-state index contributed by atoms with van der Waals surface area (Å²) in [6.07, 6.45) is 5.46. The molecule has 2 nitrogen and oxygen atoms in total. The van der Waals surface area contributed by atoms with Crippen LogP contribution in [0.5, 0.6) is 0 Å². The predicted octanol–water partition coefficient (Wildman–Crippen LogP) is 2.46. The molecule has 0 radical (unpaired) electrons. The van der Waals surface area contributed by atoms with Gasteiger partial charge in [-0.15, -0.1) is 0 Å². The molecule has 1 heterocycles. The number of nitrogens with zero attached hydrogens (tertiary/aromatic N) is 1. The first-order chi connectivity index (χ1) is 6.81. The van der Waals surface area contributed by atoms with Crippen molar-refractivity contribution < 1.29 is 0 Å². The maximum atomic E-state index is 4.47. The molecular weight excluding hydrogens is 172 g/mol. The van der Waals surface area contributed by atoms with Gasteiger partial charge in [0.05, 0.1) is 11.7 Å². The molecule has 1 aromatic rings. The molecule has 14 heavy (non-hydrogen) atoms. The van der Waals surface area contributed by atoms with Gasteiger partial charge in [-0.2, -0.15) is 0 Å². The Morgan fingerprint density at radius 3 is 3.29 bits per heavy atom. The molecule has 1 aliphatic rings. The van der Waals surface area contributed by atoms with Crippen LogP contribution < -0.4 is 5.32 Å². The molecule has 2 atom stereocenters. The van der Waals surface area contributed by atoms with Crippen molar-refractivity contribution in [3.05, 3.63) is 29.6 Å². The highest BCUT2D eigenvalue weighted by Crippen LogP contribution is 2.29. The Labute approximate surface area is 85.7 Å². The number of nitrogens with one attached hydrogen (secondary N) is 1. The van der Waals surface area contributed by atoms with Crippen molar-refractivity contribution in [3.63, 3.8) is 0 Å². The Bertz CT molecular complexity index is 309. The van der Waals surface area contributed by atoms with E-state index >= 15 is 0 Å². The van der Waals surface area contributed by atoms with Crippen molar-refractivity contribution in [1.29, 1.82) is 0 Å². The van der Waals surface area contributed by atoms with Crippen LogP contribution >= 0.6 is 0 Å². The summed E-state index contributed by atoms with van der Waals surface area (Å²) in [5.74, 6) is 0. The summed E-state index contributed by atoms with van der Waals surface area (Å²) >= 11 is 0. The minimum Gasteiger partial charge on any atom is -0.306 e. The summed E-state index contributed by atoms with van der Waals surface area (Å²) in [6, 6.07) is 5.31. The quantitative estimate of drug-likeness (QED) is 0.792. The molecule has 0 aromatic carbocycles. The van der Waals surface area contributed by atoms with Gasteiger partial charge in [-0.3, -0.25) is 4.98 Å². The van der Waals surface area contributed by atoms with Gasteiger partial charge in [-0.05, 0) is 37.8 Å². The van der Waals surface area contributed by atoms with Crippen LogP contribution in [0.15, 0.2) is 18.3 Å². The number of fused-ring (bicyclic) bond motifs is 1. The fraction of sp³-hybridized carbons (Fsp3) is 0.583. The molecule has 0 amide bonds. The van der Waals surface area contributed by atoms with E-state index in [4.69, 9.17) is 0 Å². The van der Waals surface area contributed by atoms with Gasteiger partial charge in [0.2, 0.25) is 0 Å². The molecule has 0 fully saturated rings. The molecule has 0 aliphatic heterocycles. The maximum absolute atomic E-state index is 4.47. The molecule has 2 heteroatoms. The Kier molecular flexibility index (Phi) is 2.82. The van der Waals surface area contributed by atoms with E-state index in [1.807, 2.05) is 12.3 Å². The Balaban J connectivity index is 2.10. The molecule has 0 bridgehead atoms. The van der Waals surface area contributed by atoms with E-state index in [1.165, 1.54) is 30.5 Å². The molecule has 0 saturated carbocycles. The zero-order valence-corrected chi connectivity index (χ0v) is 8.96. The first-order valence-electron chi connectivity index (χ1n) is 5.51. The van der Waals surface area contributed by atoms with E-state index in [2.05, 4.69) is 30.2 Å². The highest BCUT2D eigenvalue weighted by molar-refractivity contribution is 5.27. The SMILES string of the molecule is CCC(C)NC1CCc2cccnc21. The van der Waals surface area contributed by atoms with E-state index in [0.29, 0.717) is 12.1 Å². The van der Waals surface area contributed by atoms with Gasteiger partial charge in [0.15, 0.2) is 0 Å². The Morgan fingerprint density at radius 1 is 1.64 bits per heavy atom. The summed E-state index contributed by atoms with van der Waals surface area (Å²) in [7, 11) is 0. The van der Waals surface area contributed by atoms with Crippen LogP contribution in [-0.2, 0) is 6.42 Å². The lowest BCUT2D eigenvalue weighted by Crippen LogP contribution is -2.29. The second kappa shape index (κ2) is 4.09. The first kappa shape index (κ1) is 9.66. The normalized spacial score (nSPS) is 22.0. The van der Waals surface area contributed by atoms with Gasteiger partial charge >= 0.3 is 0 Å². The standard InChI is InChI=1S/C12H18N2/c1-3-9(2)14-11-7-6-10-5-4-8-13-12(10)11/h4-5,8-9,11,14H,3,6-7H2,1-2H3. The number of hydrogen-bond acceptors (Lipinski definition) is 2. The fourth-order valence-corrected chi connectivity index (χ4v) is 2.04. The smallest absolute Gasteiger partial charge is 0.0605 e. The number of pyridine rings is 1. The summed E-state index contributed by atoms with van der Waals surface area (Å²) in [5, 5.41) is 3.62. The second-order valence-electron chi connectivity index (χ2n) is 4.11. The number of aromatic nitrogens is 1. The van der Waals surface area contributed by atoms with Gasteiger partial charge in [0.25, 0.3) is 0 Å². The van der Waals surface area contributed by atoms with E-state index in [-0.39, 0.29) is 0 Å². The summed E-state index contributed by atoms with van der Waals surface area (Å²) < 4.78 is 0. The molecule has 1 aliphatic carbocycles. The van der Waals surface area contributed by atoms with Crippen LogP contribution in [-0.4, -0.2) is 11.0 Å². The third kappa shape index (κ3) is 1.80. The van der Waals surface area contributed by atoms with Gasteiger partial charge < -0.3 is 5.32 Å². The van der Waals surface area contributed by atoms with Crippen LogP contribution in [0, 0.1) is 0 Å². The molecule has 76 valence electrons. The molecular formula is C12H18N2. The highest BCUT2D eigenvalue weighted by Gasteiger charge is 2.23. The van der Waals surface area contributed by atoms with Gasteiger partial charge in [-0.1, -0.05) is 13.0 Å². The zero-order chi connectivity index (χ0) is 9.97. The second-order valence-corrected chi connectivity index (χ2v) is 4.11. The summed E-state index contributed by atoms with van der Waals surface area (Å²) in [4.78, 5) is 4.47. The Morgan fingerprint density at radius 2 is 2.50 bits per heavy atom. The van der Waals surface area contributed by atoms with Crippen molar-refractivity contribution in [2.75, 3.05) is 0 Å². The topological polar surface area (TPSA) is 24.9 Å². The lowest BCUT2D eigenvalue weighted by atomic mass is 10.1. The van der Waals surface area contributed by atoms with Gasteiger partial charge in [-0.25, -0.2) is 0 Å². The molecule has 1 aromatic heterocycles. The van der Waals surface area contributed by atoms with Crippen molar-refractivity contribution >= 4 is 0 Å². The number of rotatable bonds is 3. The van der Waals surface area contributed by atoms with Crippen LogP contribution in [0.3, 0.4) is 0 Å². The van der Waals surface area contributed by atoms with Crippen LogP contribution in [0.2, 0.25) is 0 Å². The van der Waals surface area contributed by atoms with E-state index in [9.17, 15) is 0 Å². The van der Waals surface area contributed by atoms with Gasteiger partial charge in [0, 0.05) is 12.2 Å². The lowest BCUT2D eigenvalue weighted by molar-refractivity contribution is 0.439. The molecule has 0 spiro atoms. The lowest BCUT2D eigenvalue weighted by Gasteiger charge is -2.18. The average Bonchev–Trinajstić information content (AvgIpc) is 2.62. The molecule has 0 saturated heterocycles. The third-order valence-electron chi connectivity index (χ3n) is 3.06. The molecule has 2 rings (SSSR count). The highest BCUT2D eigenvalue weighted by atomic mass is 15.0. The maximum Gasteiger partial charge on any atom is 0.0605 e. The largest absolute Gasteiger partial charge is 0.306 e. The van der Waals surface area contributed by atoms with Gasteiger partial charge in [0.1, 0.15) is 0 Å². The van der Waals surface area contributed by atoms with Crippen LogP contribution in [0.25, 0.3) is 0 Å². The summed E-state index contributed by atoms with van der Waals surface area (Å²) in [6.45, 7) is 4.45. The third-order valence-corrected chi connectivity index (χ3v) is 3.06. The molecule has 2 unspecified atom stereocenters. The molecule has 1 N–H and O–H groups in total. The van der Waals surface area contributed by atoms with E-state index in [0.717, 1.165) is 0 Å². The first-order valence-corrected chi connectivity index (χ1v) is 5.51. The minimum atomic E-state index is 0.487. The van der Waals surface area contributed by atoms with E-state index < -0.39 is 0 Å². The Hall–Kier alpha value is -0.890. The zero-order valence-electron chi connectivity index (χ0n) is 8.96. The van der Waals surface area contributed by atoms with E-state index in [1.54, 1.807) is 0 Å². The minimum absolute atomic E-state index is 0.487. The van der Waals surface area contributed by atoms with Crippen molar-refractivity contribution in [1.82, 2.24) is 10.3 Å². The number of aryl methyl sites for hydroxylation is 1.